The molecule has 1 aliphatic heterocycles. The minimum absolute atomic E-state index is 0.256. The van der Waals surface area contributed by atoms with Gasteiger partial charge in [-0.25, -0.2) is 0 Å². The Morgan fingerprint density at radius 3 is 2.31 bits per heavy atom. The molecule has 0 spiro atoms. The topological polar surface area (TPSA) is 85.6 Å². The SMILES string of the molecule is N#CC1=C(N)NC(SCc2ccccc2)=C(C#N)[C@H]1c1ccccc1Cl. The first kappa shape index (κ1) is 17.9. The van der Waals surface area contributed by atoms with E-state index in [1.165, 1.54) is 11.8 Å². The van der Waals surface area contributed by atoms with Gasteiger partial charge >= 0.3 is 0 Å². The summed E-state index contributed by atoms with van der Waals surface area (Å²) in [5.74, 6) is 0.365. The summed E-state index contributed by atoms with van der Waals surface area (Å²) in [7, 11) is 0. The van der Waals surface area contributed by atoms with E-state index in [0.29, 0.717) is 32.5 Å². The number of halogens is 1. The molecule has 0 bridgehead atoms. The van der Waals surface area contributed by atoms with E-state index in [9.17, 15) is 10.5 Å². The van der Waals surface area contributed by atoms with Gasteiger partial charge in [-0.05, 0) is 17.2 Å². The van der Waals surface area contributed by atoms with Gasteiger partial charge in [0.1, 0.15) is 5.82 Å². The lowest BCUT2D eigenvalue weighted by Gasteiger charge is -2.27. The molecular weight excluding hydrogens is 364 g/mol. The van der Waals surface area contributed by atoms with E-state index in [1.807, 2.05) is 48.5 Å². The first-order chi connectivity index (χ1) is 12.7. The summed E-state index contributed by atoms with van der Waals surface area (Å²) in [5, 5.41) is 23.6. The van der Waals surface area contributed by atoms with Crippen molar-refractivity contribution in [3.63, 3.8) is 0 Å². The number of thioether (sulfide) groups is 1. The second-order valence-electron chi connectivity index (χ2n) is 5.65. The van der Waals surface area contributed by atoms with Crippen molar-refractivity contribution in [1.82, 2.24) is 5.32 Å². The molecule has 26 heavy (non-hydrogen) atoms. The highest BCUT2D eigenvalue weighted by atomic mass is 35.5. The Balaban J connectivity index is 2.02. The van der Waals surface area contributed by atoms with Gasteiger partial charge in [0.25, 0.3) is 0 Å². The van der Waals surface area contributed by atoms with Gasteiger partial charge in [-0.1, -0.05) is 60.1 Å². The summed E-state index contributed by atoms with van der Waals surface area (Å²) in [4.78, 5) is 0. The molecule has 128 valence electrons. The van der Waals surface area contributed by atoms with Crippen LogP contribution in [0.3, 0.4) is 0 Å². The van der Waals surface area contributed by atoms with Crippen LogP contribution in [0, 0.1) is 22.7 Å². The summed E-state index contributed by atoms with van der Waals surface area (Å²) in [6, 6.07) is 21.5. The molecule has 0 aromatic heterocycles. The number of hydrogen-bond acceptors (Lipinski definition) is 5. The predicted octanol–water partition coefficient (Wildman–Crippen LogP) is 4.39. The van der Waals surface area contributed by atoms with Gasteiger partial charge in [-0.15, -0.1) is 11.8 Å². The van der Waals surface area contributed by atoms with E-state index >= 15 is 0 Å². The minimum atomic E-state index is -0.571. The smallest absolute Gasteiger partial charge is 0.116 e. The molecule has 3 N–H and O–H groups in total. The van der Waals surface area contributed by atoms with Crippen LogP contribution in [0.5, 0.6) is 0 Å². The van der Waals surface area contributed by atoms with E-state index in [2.05, 4.69) is 17.5 Å². The van der Waals surface area contributed by atoms with Crippen molar-refractivity contribution in [2.24, 2.45) is 5.73 Å². The Morgan fingerprint density at radius 1 is 1.00 bits per heavy atom. The number of hydrogen-bond donors (Lipinski definition) is 2. The molecule has 0 fully saturated rings. The zero-order valence-electron chi connectivity index (χ0n) is 13.7. The fraction of sp³-hybridized carbons (Fsp3) is 0.100. The van der Waals surface area contributed by atoms with E-state index < -0.39 is 5.92 Å². The van der Waals surface area contributed by atoms with Crippen molar-refractivity contribution in [3.8, 4) is 12.1 Å². The number of nitriles is 2. The Hall–Kier alpha value is -2.86. The predicted molar refractivity (Wildman–Crippen MR) is 105 cm³/mol. The average Bonchev–Trinajstić information content (AvgIpc) is 2.67. The maximum atomic E-state index is 9.80. The third-order valence-corrected chi connectivity index (χ3v) is 5.48. The van der Waals surface area contributed by atoms with Gasteiger partial charge in [-0.2, -0.15) is 10.5 Å². The van der Waals surface area contributed by atoms with Crippen LogP contribution in [0.2, 0.25) is 5.02 Å². The zero-order chi connectivity index (χ0) is 18.5. The third kappa shape index (κ3) is 3.55. The standard InChI is InChI=1S/C20H15ClN4S/c21-17-9-5-4-8-14(17)18-15(10-22)19(24)25-20(16(18)11-23)26-12-13-6-2-1-3-7-13/h1-9,18,25H,12,24H2/t18-/m0/s1. The van der Waals surface area contributed by atoms with E-state index in [1.54, 1.807) is 6.07 Å². The number of nitrogens with zero attached hydrogens (tertiary/aromatic N) is 2. The molecule has 3 rings (SSSR count). The van der Waals surface area contributed by atoms with Gasteiger partial charge in [0.2, 0.25) is 0 Å². The van der Waals surface area contributed by atoms with Crippen LogP contribution in [0.25, 0.3) is 0 Å². The molecule has 1 heterocycles. The molecule has 2 aromatic carbocycles. The minimum Gasteiger partial charge on any atom is -0.384 e. The number of benzene rings is 2. The van der Waals surface area contributed by atoms with Crippen molar-refractivity contribution in [1.29, 1.82) is 10.5 Å². The highest BCUT2D eigenvalue weighted by molar-refractivity contribution is 8.02. The zero-order valence-corrected chi connectivity index (χ0v) is 15.3. The van der Waals surface area contributed by atoms with Gasteiger partial charge in [0, 0.05) is 10.8 Å². The first-order valence-electron chi connectivity index (χ1n) is 7.88. The second kappa shape index (κ2) is 8.01. The fourth-order valence-electron chi connectivity index (χ4n) is 2.79. The van der Waals surface area contributed by atoms with Crippen molar-refractivity contribution in [3.05, 3.63) is 92.7 Å². The molecule has 6 heteroatoms. The molecule has 0 amide bonds. The number of nitrogens with one attached hydrogen (secondary N) is 1. The summed E-state index contributed by atoms with van der Waals surface area (Å²) in [5.41, 5.74) is 8.67. The quantitative estimate of drug-likeness (QED) is 0.824. The largest absolute Gasteiger partial charge is 0.384 e. The van der Waals surface area contributed by atoms with Crippen molar-refractivity contribution in [2.75, 3.05) is 0 Å². The molecule has 1 aliphatic rings. The van der Waals surface area contributed by atoms with Gasteiger partial charge < -0.3 is 11.1 Å². The Kier molecular flexibility index (Phi) is 5.53. The summed E-state index contributed by atoms with van der Waals surface area (Å²) in [6.45, 7) is 0. The van der Waals surface area contributed by atoms with Crippen molar-refractivity contribution in [2.45, 2.75) is 11.7 Å². The average molecular weight is 379 g/mol. The van der Waals surface area contributed by atoms with Crippen LogP contribution in [-0.4, -0.2) is 0 Å². The molecule has 4 nitrogen and oxygen atoms in total. The van der Waals surface area contributed by atoms with Crippen LogP contribution in [-0.2, 0) is 5.75 Å². The highest BCUT2D eigenvalue weighted by Crippen LogP contribution is 2.42. The lowest BCUT2D eigenvalue weighted by Crippen LogP contribution is -2.29. The molecule has 0 unspecified atom stereocenters. The molecule has 0 saturated heterocycles. The van der Waals surface area contributed by atoms with Gasteiger partial charge in [-0.3, -0.25) is 0 Å². The molecule has 0 radical (unpaired) electrons. The fourth-order valence-corrected chi connectivity index (χ4v) is 4.04. The van der Waals surface area contributed by atoms with Crippen LogP contribution < -0.4 is 11.1 Å². The number of allylic oxidation sites excluding steroid dienone is 2. The van der Waals surface area contributed by atoms with Crippen LogP contribution >= 0.6 is 23.4 Å². The van der Waals surface area contributed by atoms with Crippen LogP contribution in [0.1, 0.15) is 17.0 Å². The third-order valence-electron chi connectivity index (χ3n) is 4.04. The lowest BCUT2D eigenvalue weighted by atomic mass is 9.84. The van der Waals surface area contributed by atoms with Crippen molar-refractivity contribution < 1.29 is 0 Å². The summed E-state index contributed by atoms with van der Waals surface area (Å²) in [6.07, 6.45) is 0. The number of dihydropyridines is 1. The molecular formula is C20H15ClN4S. The van der Waals surface area contributed by atoms with Crippen molar-refractivity contribution >= 4 is 23.4 Å². The Bertz CT molecular complexity index is 967. The maximum Gasteiger partial charge on any atom is 0.116 e. The first-order valence-corrected chi connectivity index (χ1v) is 9.24. The van der Waals surface area contributed by atoms with E-state index in [-0.39, 0.29) is 5.82 Å². The Labute approximate surface area is 161 Å². The van der Waals surface area contributed by atoms with E-state index in [4.69, 9.17) is 17.3 Å². The van der Waals surface area contributed by atoms with Crippen LogP contribution in [0.4, 0.5) is 0 Å². The van der Waals surface area contributed by atoms with Gasteiger partial charge in [0.15, 0.2) is 0 Å². The van der Waals surface area contributed by atoms with Gasteiger partial charge in [0.05, 0.1) is 34.2 Å². The van der Waals surface area contributed by atoms with Crippen LogP contribution in [0.15, 0.2) is 76.6 Å². The second-order valence-corrected chi connectivity index (χ2v) is 7.04. The molecule has 1 atom stereocenters. The maximum absolute atomic E-state index is 9.80. The molecule has 0 aliphatic carbocycles. The summed E-state index contributed by atoms with van der Waals surface area (Å²) >= 11 is 7.82. The molecule has 2 aromatic rings. The summed E-state index contributed by atoms with van der Waals surface area (Å²) < 4.78 is 0. The molecule has 0 saturated carbocycles. The lowest BCUT2D eigenvalue weighted by molar-refractivity contribution is 0.840. The Morgan fingerprint density at radius 2 is 1.65 bits per heavy atom. The normalized spacial score (nSPS) is 16.7. The number of nitrogens with two attached hydrogens (primary N) is 1. The number of rotatable bonds is 4. The van der Waals surface area contributed by atoms with E-state index in [0.717, 1.165) is 5.56 Å². The monoisotopic (exact) mass is 378 g/mol. The highest BCUT2D eigenvalue weighted by Gasteiger charge is 2.32.